The summed E-state index contributed by atoms with van der Waals surface area (Å²) in [6, 6.07) is -0.285. The lowest BCUT2D eigenvalue weighted by Gasteiger charge is -2.28. The van der Waals surface area contributed by atoms with Gasteiger partial charge in [-0.3, -0.25) is 9.59 Å². The fourth-order valence-corrected chi connectivity index (χ4v) is 2.52. The Morgan fingerprint density at radius 3 is 2.58 bits per heavy atom. The van der Waals surface area contributed by atoms with Crippen LogP contribution >= 0.6 is 0 Å². The SMILES string of the molecule is CC(C)(C)CC(CC(=O)O)NC(=O)[C@H]1CCCNC1. The van der Waals surface area contributed by atoms with E-state index in [1.807, 2.05) is 0 Å². The van der Waals surface area contributed by atoms with E-state index < -0.39 is 5.97 Å². The van der Waals surface area contributed by atoms with Crippen molar-refractivity contribution < 1.29 is 14.7 Å². The van der Waals surface area contributed by atoms with Crippen LogP contribution in [0.15, 0.2) is 0 Å². The van der Waals surface area contributed by atoms with Gasteiger partial charge in [0, 0.05) is 12.6 Å². The summed E-state index contributed by atoms with van der Waals surface area (Å²) in [6.07, 6.45) is 2.55. The lowest BCUT2D eigenvalue weighted by Crippen LogP contribution is -2.46. The van der Waals surface area contributed by atoms with E-state index in [0.717, 1.165) is 19.4 Å². The predicted molar refractivity (Wildman–Crippen MR) is 73.8 cm³/mol. The van der Waals surface area contributed by atoms with Crippen molar-refractivity contribution in [1.29, 1.82) is 0 Å². The molecule has 0 aliphatic carbocycles. The normalized spacial score (nSPS) is 21.7. The summed E-state index contributed by atoms with van der Waals surface area (Å²) in [6.45, 7) is 7.81. The summed E-state index contributed by atoms with van der Waals surface area (Å²) >= 11 is 0. The van der Waals surface area contributed by atoms with E-state index in [2.05, 4.69) is 31.4 Å². The largest absolute Gasteiger partial charge is 0.481 e. The highest BCUT2D eigenvalue weighted by Crippen LogP contribution is 2.22. The van der Waals surface area contributed by atoms with Gasteiger partial charge in [0.25, 0.3) is 0 Å². The number of carbonyl (C=O) groups is 2. The number of hydrogen-bond donors (Lipinski definition) is 3. The highest BCUT2D eigenvalue weighted by Gasteiger charge is 2.26. The first-order valence-electron chi connectivity index (χ1n) is 7.01. The molecule has 1 unspecified atom stereocenters. The van der Waals surface area contributed by atoms with E-state index in [1.54, 1.807) is 0 Å². The Kier molecular flexibility index (Phi) is 5.79. The Hall–Kier alpha value is -1.10. The third-order valence-electron chi connectivity index (χ3n) is 3.29. The molecule has 1 fully saturated rings. The molecule has 0 aromatic carbocycles. The highest BCUT2D eigenvalue weighted by molar-refractivity contribution is 5.80. The summed E-state index contributed by atoms with van der Waals surface area (Å²) in [5.74, 6) is -0.899. The molecule has 0 spiro atoms. The molecule has 0 bridgehead atoms. The minimum absolute atomic E-state index is 0.00177. The Labute approximate surface area is 115 Å². The van der Waals surface area contributed by atoms with Crippen LogP contribution in [0.25, 0.3) is 0 Å². The molecule has 1 rings (SSSR count). The Bertz CT molecular complexity index is 317. The van der Waals surface area contributed by atoms with Crippen molar-refractivity contribution in [3.05, 3.63) is 0 Å². The summed E-state index contributed by atoms with van der Waals surface area (Å²) in [5, 5.41) is 15.1. The van der Waals surface area contributed by atoms with Crippen molar-refractivity contribution >= 4 is 11.9 Å². The van der Waals surface area contributed by atoms with Crippen LogP contribution in [0, 0.1) is 11.3 Å². The van der Waals surface area contributed by atoms with Gasteiger partial charge in [0.1, 0.15) is 0 Å². The quantitative estimate of drug-likeness (QED) is 0.705. The second-order valence-corrected chi connectivity index (χ2v) is 6.61. The van der Waals surface area contributed by atoms with E-state index in [-0.39, 0.29) is 29.7 Å². The number of carboxylic acids is 1. The number of carboxylic acid groups (broad SMARTS) is 1. The van der Waals surface area contributed by atoms with Crippen LogP contribution in [0.3, 0.4) is 0 Å². The molecule has 0 aromatic heterocycles. The molecule has 5 heteroatoms. The molecular formula is C14H26N2O3. The zero-order chi connectivity index (χ0) is 14.5. The lowest BCUT2D eigenvalue weighted by molar-refractivity contribution is -0.138. The summed E-state index contributed by atoms with van der Waals surface area (Å²) in [4.78, 5) is 23.0. The number of rotatable bonds is 5. The number of aliphatic carboxylic acids is 1. The van der Waals surface area contributed by atoms with Crippen LogP contribution in [0.2, 0.25) is 0 Å². The van der Waals surface area contributed by atoms with Crippen molar-refractivity contribution in [3.8, 4) is 0 Å². The molecule has 5 nitrogen and oxygen atoms in total. The van der Waals surface area contributed by atoms with Gasteiger partial charge in [-0.25, -0.2) is 0 Å². The molecule has 3 N–H and O–H groups in total. The van der Waals surface area contributed by atoms with Gasteiger partial charge in [-0.05, 0) is 31.2 Å². The maximum Gasteiger partial charge on any atom is 0.305 e. The third-order valence-corrected chi connectivity index (χ3v) is 3.29. The smallest absolute Gasteiger partial charge is 0.305 e. The van der Waals surface area contributed by atoms with Crippen LogP contribution in [0.5, 0.6) is 0 Å². The zero-order valence-electron chi connectivity index (χ0n) is 12.2. The lowest BCUT2D eigenvalue weighted by atomic mass is 9.86. The molecule has 1 heterocycles. The van der Waals surface area contributed by atoms with Gasteiger partial charge in [-0.1, -0.05) is 20.8 Å². The zero-order valence-corrected chi connectivity index (χ0v) is 12.2. The maximum atomic E-state index is 12.1. The van der Waals surface area contributed by atoms with Gasteiger partial charge in [-0.15, -0.1) is 0 Å². The molecule has 1 aliphatic rings. The number of piperidine rings is 1. The van der Waals surface area contributed by atoms with Crippen LogP contribution in [-0.4, -0.2) is 36.1 Å². The van der Waals surface area contributed by atoms with Gasteiger partial charge >= 0.3 is 5.97 Å². The standard InChI is InChI=1S/C14H26N2O3/c1-14(2,3)8-11(7-12(17)18)16-13(19)10-5-4-6-15-9-10/h10-11,15H,4-9H2,1-3H3,(H,16,19)(H,17,18)/t10-,11?/m0/s1. The highest BCUT2D eigenvalue weighted by atomic mass is 16.4. The molecule has 19 heavy (non-hydrogen) atoms. The van der Waals surface area contributed by atoms with Gasteiger partial charge in [0.15, 0.2) is 0 Å². The van der Waals surface area contributed by atoms with Crippen LogP contribution in [-0.2, 0) is 9.59 Å². The molecule has 110 valence electrons. The molecule has 1 amide bonds. The van der Waals surface area contributed by atoms with Crippen molar-refractivity contribution in [2.24, 2.45) is 11.3 Å². The molecule has 0 radical (unpaired) electrons. The van der Waals surface area contributed by atoms with E-state index in [1.165, 1.54) is 0 Å². The minimum Gasteiger partial charge on any atom is -0.481 e. The first-order valence-corrected chi connectivity index (χ1v) is 7.01. The predicted octanol–water partition coefficient (Wildman–Crippen LogP) is 1.38. The molecule has 1 aliphatic heterocycles. The average molecular weight is 270 g/mol. The molecule has 1 saturated heterocycles. The Balaban J connectivity index is 2.54. The monoisotopic (exact) mass is 270 g/mol. The summed E-state index contributed by atoms with van der Waals surface area (Å²) < 4.78 is 0. The fourth-order valence-electron chi connectivity index (χ4n) is 2.52. The van der Waals surface area contributed by atoms with E-state index in [4.69, 9.17) is 5.11 Å². The van der Waals surface area contributed by atoms with Gasteiger partial charge in [0.05, 0.1) is 12.3 Å². The van der Waals surface area contributed by atoms with Crippen molar-refractivity contribution in [3.63, 3.8) is 0 Å². The average Bonchev–Trinajstić information content (AvgIpc) is 2.26. The first kappa shape index (κ1) is 16.0. The number of hydrogen-bond acceptors (Lipinski definition) is 3. The van der Waals surface area contributed by atoms with Crippen molar-refractivity contribution in [2.45, 2.75) is 52.5 Å². The molecular weight excluding hydrogens is 244 g/mol. The second kappa shape index (κ2) is 6.89. The molecule has 0 saturated carbocycles. The van der Waals surface area contributed by atoms with Gasteiger partial charge in [-0.2, -0.15) is 0 Å². The van der Waals surface area contributed by atoms with Crippen LogP contribution in [0.1, 0.15) is 46.5 Å². The second-order valence-electron chi connectivity index (χ2n) is 6.61. The summed E-state index contributed by atoms with van der Waals surface area (Å²) in [5.41, 5.74) is -0.00177. The van der Waals surface area contributed by atoms with E-state index in [0.29, 0.717) is 13.0 Å². The summed E-state index contributed by atoms with van der Waals surface area (Å²) in [7, 11) is 0. The van der Waals surface area contributed by atoms with Crippen LogP contribution in [0.4, 0.5) is 0 Å². The number of amides is 1. The maximum absolute atomic E-state index is 12.1. The van der Waals surface area contributed by atoms with Crippen molar-refractivity contribution in [2.75, 3.05) is 13.1 Å². The fraction of sp³-hybridized carbons (Fsp3) is 0.857. The molecule has 0 aromatic rings. The Morgan fingerprint density at radius 1 is 1.42 bits per heavy atom. The number of nitrogens with one attached hydrogen (secondary N) is 2. The first-order chi connectivity index (χ1) is 8.78. The van der Waals surface area contributed by atoms with Crippen molar-refractivity contribution in [1.82, 2.24) is 10.6 Å². The molecule has 2 atom stereocenters. The number of carbonyl (C=O) groups excluding carboxylic acids is 1. The van der Waals surface area contributed by atoms with Crippen LogP contribution < -0.4 is 10.6 Å². The minimum atomic E-state index is -0.865. The van der Waals surface area contributed by atoms with Gasteiger partial charge < -0.3 is 15.7 Å². The van der Waals surface area contributed by atoms with Gasteiger partial charge in [0.2, 0.25) is 5.91 Å². The third kappa shape index (κ3) is 6.57. The topological polar surface area (TPSA) is 78.4 Å². The van der Waals surface area contributed by atoms with E-state index >= 15 is 0 Å². The Morgan fingerprint density at radius 2 is 2.11 bits per heavy atom. The van der Waals surface area contributed by atoms with E-state index in [9.17, 15) is 9.59 Å².